The number of hydrogen-bond acceptors (Lipinski definition) is 4. The molecule has 0 aromatic carbocycles. The Hall–Kier alpha value is -1.33. The largest absolute Gasteiger partial charge is 0.472 e. The summed E-state index contributed by atoms with van der Waals surface area (Å²) in [6, 6.07) is 1.76. The standard InChI is InChI=1S/C17H24N2O3/c20-16(15-3-8-22-10-15)19-5-4-17(13-19)11-18(12-17)9-14-1-6-21-7-2-14/h3,8,10,14H,1-2,4-7,9,11-13H2. The van der Waals surface area contributed by atoms with Crippen LogP contribution in [0.1, 0.15) is 29.6 Å². The molecule has 1 aromatic rings. The normalized spacial score (nSPS) is 25.5. The molecule has 3 fully saturated rings. The van der Waals surface area contributed by atoms with Gasteiger partial charge in [-0.25, -0.2) is 0 Å². The van der Waals surface area contributed by atoms with Gasteiger partial charge in [-0.3, -0.25) is 4.79 Å². The lowest BCUT2D eigenvalue weighted by atomic mass is 9.78. The van der Waals surface area contributed by atoms with Crippen molar-refractivity contribution in [1.29, 1.82) is 0 Å². The third kappa shape index (κ3) is 2.68. The van der Waals surface area contributed by atoms with Gasteiger partial charge in [-0.2, -0.15) is 0 Å². The summed E-state index contributed by atoms with van der Waals surface area (Å²) in [5, 5.41) is 0. The summed E-state index contributed by atoms with van der Waals surface area (Å²) < 4.78 is 10.5. The monoisotopic (exact) mass is 304 g/mol. The van der Waals surface area contributed by atoms with Crippen molar-refractivity contribution < 1.29 is 13.9 Å². The van der Waals surface area contributed by atoms with Crippen LogP contribution in [0, 0.1) is 11.3 Å². The molecule has 5 heteroatoms. The van der Waals surface area contributed by atoms with E-state index in [-0.39, 0.29) is 5.91 Å². The highest BCUT2D eigenvalue weighted by Crippen LogP contribution is 2.40. The molecule has 4 rings (SSSR count). The first-order valence-corrected chi connectivity index (χ1v) is 8.36. The summed E-state index contributed by atoms with van der Waals surface area (Å²) in [4.78, 5) is 16.9. The summed E-state index contributed by atoms with van der Waals surface area (Å²) in [6.07, 6.45) is 6.66. The Morgan fingerprint density at radius 3 is 2.82 bits per heavy atom. The van der Waals surface area contributed by atoms with Crippen molar-refractivity contribution in [2.45, 2.75) is 19.3 Å². The van der Waals surface area contributed by atoms with E-state index in [2.05, 4.69) is 4.90 Å². The number of rotatable bonds is 3. The lowest BCUT2D eigenvalue weighted by Gasteiger charge is -2.49. The Labute approximate surface area is 131 Å². The van der Waals surface area contributed by atoms with Crippen LogP contribution in [0.2, 0.25) is 0 Å². The molecular weight excluding hydrogens is 280 g/mol. The van der Waals surface area contributed by atoms with Gasteiger partial charge in [0.25, 0.3) is 5.91 Å². The lowest BCUT2D eigenvalue weighted by Crippen LogP contribution is -2.58. The van der Waals surface area contributed by atoms with Crippen molar-refractivity contribution in [2.75, 3.05) is 45.9 Å². The van der Waals surface area contributed by atoms with Crippen LogP contribution in [0.3, 0.4) is 0 Å². The number of carbonyl (C=O) groups excluding carboxylic acids is 1. The molecule has 0 bridgehead atoms. The molecule has 3 aliphatic heterocycles. The smallest absolute Gasteiger partial charge is 0.257 e. The van der Waals surface area contributed by atoms with Crippen molar-refractivity contribution >= 4 is 5.91 Å². The predicted molar refractivity (Wildman–Crippen MR) is 81.6 cm³/mol. The van der Waals surface area contributed by atoms with Gasteiger partial charge in [0.2, 0.25) is 0 Å². The lowest BCUT2D eigenvalue weighted by molar-refractivity contribution is -0.0200. The van der Waals surface area contributed by atoms with Crippen molar-refractivity contribution in [2.24, 2.45) is 11.3 Å². The molecule has 0 aliphatic carbocycles. The quantitative estimate of drug-likeness (QED) is 0.855. The summed E-state index contributed by atoms with van der Waals surface area (Å²) in [5.74, 6) is 0.921. The van der Waals surface area contributed by atoms with Gasteiger partial charge < -0.3 is 19.0 Å². The number of amides is 1. The second-order valence-corrected chi connectivity index (χ2v) is 7.21. The SMILES string of the molecule is O=C(c1ccoc1)N1CCC2(CN(CC3CCOCC3)C2)C1. The van der Waals surface area contributed by atoms with Gasteiger partial charge in [-0.1, -0.05) is 0 Å². The minimum atomic E-state index is 0.119. The molecule has 22 heavy (non-hydrogen) atoms. The van der Waals surface area contributed by atoms with E-state index in [9.17, 15) is 4.79 Å². The summed E-state index contributed by atoms with van der Waals surface area (Å²) in [6.45, 7) is 7.16. The van der Waals surface area contributed by atoms with E-state index in [1.165, 1.54) is 19.4 Å². The first kappa shape index (κ1) is 14.3. The Morgan fingerprint density at radius 1 is 1.27 bits per heavy atom. The maximum atomic E-state index is 12.4. The average Bonchev–Trinajstić information content (AvgIpc) is 3.17. The Bertz CT molecular complexity index is 516. The molecule has 0 atom stereocenters. The van der Waals surface area contributed by atoms with Crippen molar-refractivity contribution in [1.82, 2.24) is 9.80 Å². The first-order valence-electron chi connectivity index (χ1n) is 8.36. The minimum absolute atomic E-state index is 0.119. The Kier molecular flexibility index (Phi) is 3.70. The molecule has 4 heterocycles. The number of furan rings is 1. The van der Waals surface area contributed by atoms with E-state index in [0.29, 0.717) is 11.0 Å². The van der Waals surface area contributed by atoms with Crippen molar-refractivity contribution in [3.8, 4) is 0 Å². The van der Waals surface area contributed by atoms with Gasteiger partial charge in [0.15, 0.2) is 0 Å². The van der Waals surface area contributed by atoms with Crippen LogP contribution in [-0.4, -0.2) is 61.6 Å². The van der Waals surface area contributed by atoms with Gasteiger partial charge in [0, 0.05) is 51.4 Å². The van der Waals surface area contributed by atoms with E-state index in [0.717, 1.165) is 51.7 Å². The molecule has 0 radical (unpaired) electrons. The van der Waals surface area contributed by atoms with Crippen LogP contribution < -0.4 is 0 Å². The summed E-state index contributed by atoms with van der Waals surface area (Å²) >= 11 is 0. The Morgan fingerprint density at radius 2 is 2.09 bits per heavy atom. The molecule has 1 spiro atoms. The summed E-state index contributed by atoms with van der Waals surface area (Å²) in [7, 11) is 0. The molecular formula is C17H24N2O3. The van der Waals surface area contributed by atoms with Crippen LogP contribution in [0.4, 0.5) is 0 Å². The van der Waals surface area contributed by atoms with E-state index < -0.39 is 0 Å². The molecule has 120 valence electrons. The van der Waals surface area contributed by atoms with E-state index in [1.807, 2.05) is 4.90 Å². The van der Waals surface area contributed by atoms with E-state index >= 15 is 0 Å². The second-order valence-electron chi connectivity index (χ2n) is 7.21. The third-order valence-electron chi connectivity index (χ3n) is 5.47. The van der Waals surface area contributed by atoms with Gasteiger partial charge in [0.1, 0.15) is 6.26 Å². The number of hydrogen-bond donors (Lipinski definition) is 0. The van der Waals surface area contributed by atoms with Crippen LogP contribution in [-0.2, 0) is 4.74 Å². The van der Waals surface area contributed by atoms with Crippen molar-refractivity contribution in [3.05, 3.63) is 24.2 Å². The van der Waals surface area contributed by atoms with E-state index in [4.69, 9.17) is 9.15 Å². The summed E-state index contributed by atoms with van der Waals surface area (Å²) in [5.41, 5.74) is 1.03. The fourth-order valence-corrected chi connectivity index (χ4v) is 4.26. The molecule has 3 saturated heterocycles. The fourth-order valence-electron chi connectivity index (χ4n) is 4.26. The van der Waals surface area contributed by atoms with E-state index in [1.54, 1.807) is 18.6 Å². The van der Waals surface area contributed by atoms with Gasteiger partial charge in [-0.15, -0.1) is 0 Å². The second kappa shape index (κ2) is 5.70. The van der Waals surface area contributed by atoms with Gasteiger partial charge in [-0.05, 0) is 31.2 Å². The van der Waals surface area contributed by atoms with Crippen molar-refractivity contribution in [3.63, 3.8) is 0 Å². The number of carbonyl (C=O) groups is 1. The van der Waals surface area contributed by atoms with Gasteiger partial charge >= 0.3 is 0 Å². The fraction of sp³-hybridized carbons (Fsp3) is 0.706. The maximum Gasteiger partial charge on any atom is 0.257 e. The highest BCUT2D eigenvalue weighted by atomic mass is 16.5. The zero-order valence-electron chi connectivity index (χ0n) is 13.0. The number of ether oxygens (including phenoxy) is 1. The minimum Gasteiger partial charge on any atom is -0.472 e. The maximum absolute atomic E-state index is 12.4. The van der Waals surface area contributed by atoms with Crippen LogP contribution in [0.25, 0.3) is 0 Å². The molecule has 0 saturated carbocycles. The zero-order valence-corrected chi connectivity index (χ0v) is 13.0. The first-order chi connectivity index (χ1) is 10.7. The van der Waals surface area contributed by atoms with Crippen LogP contribution in [0.5, 0.6) is 0 Å². The average molecular weight is 304 g/mol. The number of likely N-dealkylation sites (tertiary alicyclic amines) is 2. The highest BCUT2D eigenvalue weighted by Gasteiger charge is 2.48. The molecule has 0 N–H and O–H groups in total. The highest BCUT2D eigenvalue weighted by molar-refractivity contribution is 5.94. The number of nitrogens with zero attached hydrogens (tertiary/aromatic N) is 2. The molecule has 0 unspecified atom stereocenters. The zero-order chi connectivity index (χ0) is 15.0. The van der Waals surface area contributed by atoms with Crippen LogP contribution in [0.15, 0.2) is 23.0 Å². The topological polar surface area (TPSA) is 45.9 Å². The van der Waals surface area contributed by atoms with Gasteiger partial charge in [0.05, 0.1) is 11.8 Å². The van der Waals surface area contributed by atoms with Crippen LogP contribution >= 0.6 is 0 Å². The molecule has 1 aromatic heterocycles. The molecule has 3 aliphatic rings. The molecule has 1 amide bonds. The Balaban J connectivity index is 1.28. The third-order valence-corrected chi connectivity index (χ3v) is 5.47. The molecule has 5 nitrogen and oxygen atoms in total. The predicted octanol–water partition coefficient (Wildman–Crippen LogP) is 1.85.